The fourth-order valence-corrected chi connectivity index (χ4v) is 1.32. The van der Waals surface area contributed by atoms with Crippen LogP contribution in [0.25, 0.3) is 0 Å². The molecule has 1 aromatic carbocycles. The van der Waals surface area contributed by atoms with E-state index in [9.17, 15) is 14.4 Å². The Hall–Kier alpha value is -2.57. The predicted octanol–water partition coefficient (Wildman–Crippen LogP) is 0.923. The van der Waals surface area contributed by atoms with E-state index in [1.54, 1.807) is 0 Å². The Morgan fingerprint density at radius 3 is 2.33 bits per heavy atom. The molecule has 0 heterocycles. The smallest absolute Gasteiger partial charge is 0.340 e. The van der Waals surface area contributed by atoms with Gasteiger partial charge in [-0.2, -0.15) is 0 Å². The van der Waals surface area contributed by atoms with E-state index in [1.165, 1.54) is 32.4 Å². The lowest BCUT2D eigenvalue weighted by Crippen LogP contribution is -2.27. The zero-order chi connectivity index (χ0) is 13.7. The minimum atomic E-state index is -1.26. The Kier molecular flexibility index (Phi) is 4.25. The molecule has 2 amide bonds. The number of benzene rings is 1. The van der Waals surface area contributed by atoms with Gasteiger partial charge in [0.05, 0.1) is 23.9 Å². The van der Waals surface area contributed by atoms with Crippen molar-refractivity contribution in [1.29, 1.82) is 0 Å². The first-order valence-electron chi connectivity index (χ1n) is 4.94. The van der Waals surface area contributed by atoms with Gasteiger partial charge in [0.25, 0.3) is 0 Å². The zero-order valence-corrected chi connectivity index (χ0v) is 9.81. The Labute approximate surface area is 103 Å². The van der Waals surface area contributed by atoms with Gasteiger partial charge < -0.3 is 20.5 Å². The van der Waals surface area contributed by atoms with Gasteiger partial charge in [0, 0.05) is 7.05 Å². The Morgan fingerprint density at radius 2 is 1.83 bits per heavy atom. The molecule has 0 saturated carbocycles. The summed E-state index contributed by atoms with van der Waals surface area (Å²) in [5.41, 5.74) is -0.321. The van der Waals surface area contributed by atoms with Gasteiger partial charge >= 0.3 is 18.0 Å². The van der Waals surface area contributed by atoms with Crippen LogP contribution in [0.4, 0.5) is 10.5 Å². The Morgan fingerprint density at radius 1 is 1.22 bits per heavy atom. The Bertz CT molecular complexity index is 498. The molecule has 0 fully saturated rings. The molecule has 0 aliphatic carbocycles. The van der Waals surface area contributed by atoms with Gasteiger partial charge in [-0.15, -0.1) is 0 Å². The topological polar surface area (TPSA) is 105 Å². The van der Waals surface area contributed by atoms with Crippen molar-refractivity contribution < 1.29 is 24.2 Å². The van der Waals surface area contributed by atoms with Crippen LogP contribution in [0, 0.1) is 0 Å². The highest BCUT2D eigenvalue weighted by Gasteiger charge is 2.20. The number of ether oxygens (including phenoxy) is 1. The van der Waals surface area contributed by atoms with Crippen molar-refractivity contribution in [2.24, 2.45) is 0 Å². The highest BCUT2D eigenvalue weighted by molar-refractivity contribution is 6.07. The summed E-state index contributed by atoms with van der Waals surface area (Å²) < 4.78 is 4.52. The van der Waals surface area contributed by atoms with Crippen LogP contribution in [0.1, 0.15) is 20.7 Å². The number of anilines is 1. The number of aromatic carboxylic acids is 1. The van der Waals surface area contributed by atoms with Crippen LogP contribution in [-0.2, 0) is 4.74 Å². The minimum Gasteiger partial charge on any atom is -0.478 e. The third-order valence-corrected chi connectivity index (χ3v) is 2.17. The maximum Gasteiger partial charge on any atom is 0.340 e. The van der Waals surface area contributed by atoms with Gasteiger partial charge in [-0.1, -0.05) is 6.07 Å². The predicted molar refractivity (Wildman–Crippen MR) is 62.8 cm³/mol. The van der Waals surface area contributed by atoms with Crippen molar-refractivity contribution in [2.45, 2.75) is 0 Å². The number of urea groups is 1. The molecule has 0 aromatic heterocycles. The fraction of sp³-hybridized carbons (Fsp3) is 0.182. The number of para-hydroxylation sites is 1. The molecule has 0 bridgehead atoms. The SMILES string of the molecule is CNC(=O)Nc1c(C(=O)O)cccc1C(=O)OC. The normalized spacial score (nSPS) is 9.44. The largest absolute Gasteiger partial charge is 0.478 e. The fourth-order valence-electron chi connectivity index (χ4n) is 1.32. The van der Waals surface area contributed by atoms with Crippen molar-refractivity contribution in [2.75, 3.05) is 19.5 Å². The number of rotatable bonds is 3. The minimum absolute atomic E-state index is 0.0269. The number of hydrogen-bond acceptors (Lipinski definition) is 4. The first-order valence-corrected chi connectivity index (χ1v) is 4.94. The van der Waals surface area contributed by atoms with Gasteiger partial charge in [-0.05, 0) is 12.1 Å². The molecule has 7 nitrogen and oxygen atoms in total. The molecular formula is C11H12N2O5. The quantitative estimate of drug-likeness (QED) is 0.694. The summed E-state index contributed by atoms with van der Waals surface area (Å²) in [6, 6.07) is 3.41. The standard InChI is InChI=1S/C11H12N2O5/c1-12-11(17)13-8-6(9(14)15)4-3-5-7(8)10(16)18-2/h3-5H,1-2H3,(H,14,15)(H2,12,13,17). The number of amides is 2. The average Bonchev–Trinajstić information content (AvgIpc) is 2.37. The van der Waals surface area contributed by atoms with Gasteiger partial charge in [0.1, 0.15) is 0 Å². The molecule has 3 N–H and O–H groups in total. The number of carboxylic acids is 1. The summed E-state index contributed by atoms with van der Waals surface area (Å²) in [6.07, 6.45) is 0. The van der Waals surface area contributed by atoms with Gasteiger partial charge in [0.15, 0.2) is 0 Å². The summed E-state index contributed by atoms with van der Waals surface area (Å²) in [6.45, 7) is 0. The molecular weight excluding hydrogens is 240 g/mol. The van der Waals surface area contributed by atoms with Crippen LogP contribution in [0.3, 0.4) is 0 Å². The van der Waals surface area contributed by atoms with E-state index in [1.807, 2.05) is 0 Å². The number of carboxylic acid groups (broad SMARTS) is 1. The highest BCUT2D eigenvalue weighted by Crippen LogP contribution is 2.22. The van der Waals surface area contributed by atoms with E-state index < -0.39 is 18.0 Å². The van der Waals surface area contributed by atoms with E-state index in [0.717, 1.165) is 0 Å². The second-order valence-corrected chi connectivity index (χ2v) is 3.23. The summed E-state index contributed by atoms with van der Waals surface area (Å²) in [5.74, 6) is -1.99. The molecule has 0 aliphatic heterocycles. The molecule has 0 saturated heterocycles. The van der Waals surface area contributed by atoms with Crippen molar-refractivity contribution >= 4 is 23.7 Å². The van der Waals surface area contributed by atoms with E-state index in [0.29, 0.717) is 0 Å². The molecule has 1 aromatic rings. The second kappa shape index (κ2) is 5.67. The van der Waals surface area contributed by atoms with Crippen LogP contribution in [0.5, 0.6) is 0 Å². The number of carbonyl (C=O) groups excluding carboxylic acids is 2. The molecule has 0 aliphatic rings. The maximum atomic E-state index is 11.5. The lowest BCUT2D eigenvalue weighted by atomic mass is 10.1. The summed E-state index contributed by atoms with van der Waals surface area (Å²) in [4.78, 5) is 33.8. The molecule has 0 radical (unpaired) electrons. The van der Waals surface area contributed by atoms with E-state index in [-0.39, 0.29) is 16.8 Å². The lowest BCUT2D eigenvalue weighted by Gasteiger charge is -2.12. The molecule has 96 valence electrons. The highest BCUT2D eigenvalue weighted by atomic mass is 16.5. The van der Waals surface area contributed by atoms with E-state index in [4.69, 9.17) is 5.11 Å². The van der Waals surface area contributed by atoms with Crippen LogP contribution in [0.2, 0.25) is 0 Å². The molecule has 0 spiro atoms. The van der Waals surface area contributed by atoms with Crippen LogP contribution < -0.4 is 10.6 Å². The van der Waals surface area contributed by atoms with Crippen LogP contribution in [-0.4, -0.2) is 37.2 Å². The molecule has 7 heteroatoms. The monoisotopic (exact) mass is 252 g/mol. The van der Waals surface area contributed by atoms with Crippen LogP contribution >= 0.6 is 0 Å². The van der Waals surface area contributed by atoms with E-state index >= 15 is 0 Å². The number of nitrogens with one attached hydrogen (secondary N) is 2. The van der Waals surface area contributed by atoms with Gasteiger partial charge in [0.2, 0.25) is 0 Å². The Balaban J connectivity index is 3.34. The van der Waals surface area contributed by atoms with Crippen molar-refractivity contribution in [3.05, 3.63) is 29.3 Å². The third-order valence-electron chi connectivity index (χ3n) is 2.17. The van der Waals surface area contributed by atoms with Crippen molar-refractivity contribution in [1.82, 2.24) is 5.32 Å². The van der Waals surface area contributed by atoms with Crippen molar-refractivity contribution in [3.63, 3.8) is 0 Å². The number of esters is 1. The number of methoxy groups -OCH3 is 1. The molecule has 0 unspecified atom stereocenters. The lowest BCUT2D eigenvalue weighted by molar-refractivity contribution is 0.0602. The number of hydrogen-bond donors (Lipinski definition) is 3. The third kappa shape index (κ3) is 2.76. The first kappa shape index (κ1) is 13.5. The summed E-state index contributed by atoms with van der Waals surface area (Å²) in [5, 5.41) is 13.6. The second-order valence-electron chi connectivity index (χ2n) is 3.23. The summed E-state index contributed by atoms with van der Waals surface area (Å²) >= 11 is 0. The molecule has 18 heavy (non-hydrogen) atoms. The van der Waals surface area contributed by atoms with Gasteiger partial charge in [-0.25, -0.2) is 14.4 Å². The maximum absolute atomic E-state index is 11.5. The van der Waals surface area contributed by atoms with Crippen molar-refractivity contribution in [3.8, 4) is 0 Å². The molecule has 1 rings (SSSR count). The van der Waals surface area contributed by atoms with E-state index in [2.05, 4.69) is 15.4 Å². The number of carbonyl (C=O) groups is 3. The summed E-state index contributed by atoms with van der Waals surface area (Å²) in [7, 11) is 2.54. The average molecular weight is 252 g/mol. The van der Waals surface area contributed by atoms with Gasteiger partial charge in [-0.3, -0.25) is 0 Å². The molecule has 0 atom stereocenters. The van der Waals surface area contributed by atoms with Crippen LogP contribution in [0.15, 0.2) is 18.2 Å². The first-order chi connectivity index (χ1) is 8.51. The zero-order valence-electron chi connectivity index (χ0n) is 9.81.